The largest absolute Gasteiger partial charge is 0.467 e. The van der Waals surface area contributed by atoms with Crippen LogP contribution in [0.15, 0.2) is 58.3 Å². The van der Waals surface area contributed by atoms with Crippen molar-refractivity contribution < 1.29 is 4.42 Å². The van der Waals surface area contributed by atoms with Gasteiger partial charge in [0.25, 0.3) is 0 Å². The zero-order valence-electron chi connectivity index (χ0n) is 16.5. The minimum absolute atomic E-state index is 0.480. The number of para-hydroxylation sites is 1. The molecule has 150 valence electrons. The van der Waals surface area contributed by atoms with Gasteiger partial charge in [-0.1, -0.05) is 30.0 Å². The topological polar surface area (TPSA) is 85.5 Å². The van der Waals surface area contributed by atoms with Gasteiger partial charge in [0.15, 0.2) is 5.16 Å². The van der Waals surface area contributed by atoms with E-state index in [0.29, 0.717) is 23.8 Å². The smallest absolute Gasteiger partial charge is 0.192 e. The fourth-order valence-corrected chi connectivity index (χ4v) is 4.47. The van der Waals surface area contributed by atoms with Crippen molar-refractivity contribution in [3.05, 3.63) is 77.3 Å². The second-order valence-corrected chi connectivity index (χ2v) is 8.28. The fourth-order valence-electron chi connectivity index (χ4n) is 3.53. The molecule has 7 nitrogen and oxygen atoms in total. The van der Waals surface area contributed by atoms with Gasteiger partial charge in [-0.3, -0.25) is 4.57 Å². The van der Waals surface area contributed by atoms with Crippen LogP contribution in [0.4, 0.5) is 0 Å². The Morgan fingerprint density at radius 3 is 2.70 bits per heavy atom. The van der Waals surface area contributed by atoms with Crippen LogP contribution in [0.25, 0.3) is 5.69 Å². The van der Waals surface area contributed by atoms with Gasteiger partial charge >= 0.3 is 0 Å². The maximum atomic E-state index is 9.71. The van der Waals surface area contributed by atoms with Crippen LogP contribution in [0, 0.1) is 18.3 Å². The van der Waals surface area contributed by atoms with Crippen LogP contribution in [0.5, 0.6) is 0 Å². The zero-order valence-corrected chi connectivity index (χ0v) is 17.3. The molecule has 0 unspecified atom stereocenters. The lowest BCUT2D eigenvalue weighted by atomic mass is 10.2. The summed E-state index contributed by atoms with van der Waals surface area (Å²) in [4.78, 5) is 0. The van der Waals surface area contributed by atoms with Crippen LogP contribution in [0.2, 0.25) is 0 Å². The standard InChI is InChI=1S/C22H20N6OS/c1-15-19(12-23)20(28(26-15)17-6-3-2-4-7-17)14-30-22-25-24-21(16-9-10-16)27(22)13-18-8-5-11-29-18/h2-8,11,16H,9-10,13-14H2,1H3. The number of aromatic nitrogens is 5. The molecule has 1 saturated carbocycles. The lowest BCUT2D eigenvalue weighted by Crippen LogP contribution is -2.06. The zero-order chi connectivity index (χ0) is 20.5. The van der Waals surface area contributed by atoms with E-state index in [1.165, 1.54) is 0 Å². The molecule has 0 aliphatic heterocycles. The summed E-state index contributed by atoms with van der Waals surface area (Å²) in [5.41, 5.74) is 3.15. The second kappa shape index (κ2) is 7.84. The Labute approximate surface area is 178 Å². The summed E-state index contributed by atoms with van der Waals surface area (Å²) in [7, 11) is 0. The van der Waals surface area contributed by atoms with Crippen molar-refractivity contribution in [1.82, 2.24) is 24.5 Å². The van der Waals surface area contributed by atoms with Crippen molar-refractivity contribution in [3.8, 4) is 11.8 Å². The summed E-state index contributed by atoms with van der Waals surface area (Å²) in [6, 6.07) is 16.1. The molecule has 0 radical (unpaired) electrons. The summed E-state index contributed by atoms with van der Waals surface area (Å²) >= 11 is 1.58. The number of rotatable bonds is 7. The molecule has 0 atom stereocenters. The van der Waals surface area contributed by atoms with E-state index in [1.54, 1.807) is 18.0 Å². The van der Waals surface area contributed by atoms with Crippen LogP contribution in [0.3, 0.4) is 0 Å². The van der Waals surface area contributed by atoms with Gasteiger partial charge < -0.3 is 4.42 Å². The fraction of sp³-hybridized carbons (Fsp3) is 0.273. The van der Waals surface area contributed by atoms with Crippen LogP contribution in [-0.4, -0.2) is 24.5 Å². The Kier molecular flexibility index (Phi) is 4.89. The summed E-state index contributed by atoms with van der Waals surface area (Å²) in [6.45, 7) is 2.48. The van der Waals surface area contributed by atoms with Crippen molar-refractivity contribution >= 4 is 11.8 Å². The predicted octanol–water partition coefficient (Wildman–Crippen LogP) is 4.45. The van der Waals surface area contributed by atoms with Crippen molar-refractivity contribution in [2.45, 2.75) is 43.1 Å². The van der Waals surface area contributed by atoms with Gasteiger partial charge in [-0.05, 0) is 44.0 Å². The molecule has 30 heavy (non-hydrogen) atoms. The van der Waals surface area contributed by atoms with Crippen molar-refractivity contribution in [2.24, 2.45) is 0 Å². The van der Waals surface area contributed by atoms with E-state index in [0.717, 1.165) is 46.7 Å². The first kappa shape index (κ1) is 18.7. The molecule has 0 bridgehead atoms. The Balaban J connectivity index is 1.46. The van der Waals surface area contributed by atoms with Crippen molar-refractivity contribution in [1.29, 1.82) is 5.26 Å². The van der Waals surface area contributed by atoms with Crippen LogP contribution < -0.4 is 0 Å². The van der Waals surface area contributed by atoms with Gasteiger partial charge in [-0.2, -0.15) is 10.4 Å². The Hall–Kier alpha value is -3.31. The van der Waals surface area contributed by atoms with E-state index in [2.05, 4.69) is 25.9 Å². The molecule has 0 saturated heterocycles. The first-order valence-corrected chi connectivity index (χ1v) is 10.9. The molecule has 1 fully saturated rings. The second-order valence-electron chi connectivity index (χ2n) is 7.34. The average molecular weight is 417 g/mol. The van der Waals surface area contributed by atoms with E-state index in [9.17, 15) is 5.26 Å². The Bertz CT molecular complexity index is 1200. The highest BCUT2D eigenvalue weighted by Crippen LogP contribution is 2.40. The average Bonchev–Trinajstić information content (AvgIpc) is 3.19. The number of hydrogen-bond acceptors (Lipinski definition) is 6. The van der Waals surface area contributed by atoms with E-state index in [4.69, 9.17) is 4.42 Å². The van der Waals surface area contributed by atoms with E-state index in [1.807, 2.05) is 54.1 Å². The minimum atomic E-state index is 0.480. The predicted molar refractivity (Wildman–Crippen MR) is 112 cm³/mol. The highest BCUT2D eigenvalue weighted by atomic mass is 32.2. The molecule has 5 rings (SSSR count). The number of furan rings is 1. The Morgan fingerprint density at radius 1 is 1.17 bits per heavy atom. The van der Waals surface area contributed by atoms with Crippen LogP contribution in [0.1, 0.15) is 47.3 Å². The van der Waals surface area contributed by atoms with Crippen molar-refractivity contribution in [2.75, 3.05) is 0 Å². The molecular weight excluding hydrogens is 396 g/mol. The highest BCUT2D eigenvalue weighted by Gasteiger charge is 2.31. The first-order chi connectivity index (χ1) is 14.7. The summed E-state index contributed by atoms with van der Waals surface area (Å²) in [5.74, 6) is 2.94. The lowest BCUT2D eigenvalue weighted by molar-refractivity contribution is 0.478. The Morgan fingerprint density at radius 2 is 2.00 bits per heavy atom. The SMILES string of the molecule is Cc1nn(-c2ccccc2)c(CSc2nnc(C3CC3)n2Cc2ccco2)c1C#N. The number of aryl methyl sites for hydroxylation is 1. The molecule has 4 aromatic rings. The number of thioether (sulfide) groups is 1. The minimum Gasteiger partial charge on any atom is -0.467 e. The van der Waals surface area contributed by atoms with Crippen molar-refractivity contribution in [3.63, 3.8) is 0 Å². The summed E-state index contributed by atoms with van der Waals surface area (Å²) < 4.78 is 9.55. The molecule has 1 aliphatic carbocycles. The first-order valence-electron chi connectivity index (χ1n) is 9.87. The van der Waals surface area contributed by atoms with E-state index < -0.39 is 0 Å². The molecule has 0 amide bonds. The molecule has 1 aromatic carbocycles. The third kappa shape index (κ3) is 3.53. The molecule has 0 spiro atoms. The van der Waals surface area contributed by atoms with Gasteiger partial charge in [0.05, 0.1) is 35.4 Å². The number of nitrogens with zero attached hydrogens (tertiary/aromatic N) is 6. The molecule has 3 aromatic heterocycles. The van der Waals surface area contributed by atoms with E-state index in [-0.39, 0.29) is 0 Å². The summed E-state index contributed by atoms with van der Waals surface area (Å²) in [5, 5.41) is 24.1. The van der Waals surface area contributed by atoms with E-state index >= 15 is 0 Å². The van der Waals surface area contributed by atoms with Gasteiger partial charge in [0.2, 0.25) is 0 Å². The molecular formula is C22H20N6OS. The van der Waals surface area contributed by atoms with Gasteiger partial charge in [-0.25, -0.2) is 4.68 Å². The summed E-state index contributed by atoms with van der Waals surface area (Å²) in [6.07, 6.45) is 3.99. The normalized spacial score (nSPS) is 13.5. The third-order valence-electron chi connectivity index (χ3n) is 5.19. The molecule has 1 aliphatic rings. The lowest BCUT2D eigenvalue weighted by Gasteiger charge is -2.10. The molecule has 0 N–H and O–H groups in total. The number of nitriles is 1. The molecule has 8 heteroatoms. The monoisotopic (exact) mass is 416 g/mol. The van der Waals surface area contributed by atoms with Gasteiger partial charge in [0.1, 0.15) is 17.7 Å². The number of hydrogen-bond donors (Lipinski definition) is 0. The highest BCUT2D eigenvalue weighted by molar-refractivity contribution is 7.98. The third-order valence-corrected chi connectivity index (χ3v) is 6.17. The quantitative estimate of drug-likeness (QED) is 0.414. The maximum absolute atomic E-state index is 9.71. The van der Waals surface area contributed by atoms with Gasteiger partial charge in [-0.15, -0.1) is 10.2 Å². The molecule has 3 heterocycles. The van der Waals surface area contributed by atoms with Crippen LogP contribution in [-0.2, 0) is 12.3 Å². The van der Waals surface area contributed by atoms with Crippen LogP contribution >= 0.6 is 11.8 Å². The maximum Gasteiger partial charge on any atom is 0.192 e. The number of benzene rings is 1. The van der Waals surface area contributed by atoms with Gasteiger partial charge in [0, 0.05) is 11.7 Å².